The molecule has 0 saturated heterocycles. The molecular formula is C29H32F3N7O4. The van der Waals surface area contributed by atoms with E-state index >= 15 is 0 Å². The highest BCUT2D eigenvalue weighted by molar-refractivity contribution is 6.05. The molecule has 14 heteroatoms. The molecular weight excluding hydrogens is 567 g/mol. The van der Waals surface area contributed by atoms with E-state index in [2.05, 4.69) is 20.5 Å². The van der Waals surface area contributed by atoms with Gasteiger partial charge in [-0.25, -0.2) is 13.2 Å². The van der Waals surface area contributed by atoms with Crippen molar-refractivity contribution in [1.29, 1.82) is 0 Å². The van der Waals surface area contributed by atoms with Gasteiger partial charge in [0.2, 0.25) is 5.88 Å². The lowest BCUT2D eigenvalue weighted by Crippen LogP contribution is -2.58. The summed E-state index contributed by atoms with van der Waals surface area (Å²) in [6.45, 7) is 1.83. The molecule has 0 unspecified atom stereocenters. The van der Waals surface area contributed by atoms with Gasteiger partial charge in [-0.3, -0.25) is 19.0 Å². The van der Waals surface area contributed by atoms with Crippen molar-refractivity contribution in [2.75, 3.05) is 6.61 Å². The van der Waals surface area contributed by atoms with Crippen LogP contribution in [0.15, 0.2) is 30.5 Å². The number of primary amides is 1. The van der Waals surface area contributed by atoms with Crippen LogP contribution >= 0.6 is 0 Å². The van der Waals surface area contributed by atoms with Gasteiger partial charge in [0.15, 0.2) is 11.3 Å². The van der Waals surface area contributed by atoms with Crippen LogP contribution in [0, 0.1) is 5.41 Å². The molecule has 3 N–H and O–H groups in total. The van der Waals surface area contributed by atoms with E-state index in [1.807, 2.05) is 0 Å². The van der Waals surface area contributed by atoms with Crippen LogP contribution in [0.3, 0.4) is 0 Å². The van der Waals surface area contributed by atoms with Gasteiger partial charge in [-0.2, -0.15) is 15.2 Å². The third-order valence-electron chi connectivity index (χ3n) is 8.06. The van der Waals surface area contributed by atoms with Crippen LogP contribution in [-0.4, -0.2) is 67.2 Å². The number of pyridine rings is 1. The lowest BCUT2D eigenvalue weighted by atomic mass is 9.53. The summed E-state index contributed by atoms with van der Waals surface area (Å²) in [7, 11) is 1.75. The van der Waals surface area contributed by atoms with E-state index in [0.29, 0.717) is 27.7 Å². The number of aryl methyl sites for hydroxylation is 1. The smallest absolute Gasteiger partial charge is 0.272 e. The number of nitrogens with two attached hydrogens (primary N) is 1. The van der Waals surface area contributed by atoms with E-state index < -0.39 is 30.5 Å². The molecule has 2 fully saturated rings. The lowest BCUT2D eigenvalue weighted by molar-refractivity contribution is -0.0847. The van der Waals surface area contributed by atoms with Crippen molar-refractivity contribution in [3.63, 3.8) is 0 Å². The minimum Gasteiger partial charge on any atom is -0.490 e. The zero-order valence-electron chi connectivity index (χ0n) is 23.9. The van der Waals surface area contributed by atoms with Gasteiger partial charge in [-0.1, -0.05) is 0 Å². The zero-order chi connectivity index (χ0) is 30.7. The quantitative estimate of drug-likeness (QED) is 0.282. The van der Waals surface area contributed by atoms with Crippen molar-refractivity contribution in [3.05, 3.63) is 41.7 Å². The molecule has 228 valence electrons. The topological polar surface area (TPSA) is 139 Å². The third-order valence-corrected chi connectivity index (χ3v) is 8.06. The predicted molar refractivity (Wildman–Crippen MR) is 150 cm³/mol. The Morgan fingerprint density at radius 1 is 1.21 bits per heavy atom. The van der Waals surface area contributed by atoms with Crippen LogP contribution in [0.1, 0.15) is 60.4 Å². The second-order valence-electron chi connectivity index (χ2n) is 12.2. The molecule has 2 aliphatic rings. The highest BCUT2D eigenvalue weighted by Crippen LogP contribution is 2.57. The number of nitrogens with zero attached hydrogens (tertiary/aromatic N) is 5. The number of carbonyl (C=O) groups is 2. The second-order valence-corrected chi connectivity index (χ2v) is 12.2. The first-order valence-electron chi connectivity index (χ1n) is 14.0. The van der Waals surface area contributed by atoms with E-state index in [9.17, 15) is 22.8 Å². The molecule has 6 rings (SSSR count). The summed E-state index contributed by atoms with van der Waals surface area (Å²) in [5.74, 6) is -0.615. The van der Waals surface area contributed by atoms with Crippen LogP contribution in [0.4, 0.5) is 13.2 Å². The van der Waals surface area contributed by atoms with Gasteiger partial charge in [-0.15, -0.1) is 0 Å². The van der Waals surface area contributed by atoms with Crippen LogP contribution < -0.4 is 20.5 Å². The van der Waals surface area contributed by atoms with Crippen LogP contribution in [-0.2, 0) is 13.6 Å². The number of hydrogen-bond donors (Lipinski definition) is 2. The van der Waals surface area contributed by atoms with Crippen LogP contribution in [0.2, 0.25) is 0 Å². The maximum atomic E-state index is 13.9. The summed E-state index contributed by atoms with van der Waals surface area (Å²) in [6.07, 6.45) is 1.67. The molecule has 2 aliphatic carbocycles. The summed E-state index contributed by atoms with van der Waals surface area (Å²) in [5.41, 5.74) is 5.10. The first-order valence-corrected chi connectivity index (χ1v) is 14.0. The second kappa shape index (κ2) is 10.4. The lowest BCUT2D eigenvalue weighted by Gasteiger charge is -2.57. The van der Waals surface area contributed by atoms with E-state index in [-0.39, 0.29) is 41.3 Å². The molecule has 0 atom stereocenters. The van der Waals surface area contributed by atoms with Crippen molar-refractivity contribution in [1.82, 2.24) is 29.9 Å². The fraction of sp³-hybridized carbons (Fsp3) is 0.483. The Morgan fingerprint density at radius 2 is 1.95 bits per heavy atom. The van der Waals surface area contributed by atoms with Crippen molar-refractivity contribution in [2.24, 2.45) is 18.2 Å². The van der Waals surface area contributed by atoms with Crippen molar-refractivity contribution < 1.29 is 32.2 Å². The Kier molecular flexibility index (Phi) is 6.97. The predicted octanol–water partition coefficient (Wildman–Crippen LogP) is 3.93. The Hall–Kier alpha value is -4.36. The molecule has 4 aromatic rings. The number of amides is 2. The molecule has 11 nitrogen and oxygen atoms in total. The molecule has 43 heavy (non-hydrogen) atoms. The molecule has 1 spiro atoms. The summed E-state index contributed by atoms with van der Waals surface area (Å²) >= 11 is 0. The normalized spacial score (nSPS) is 21.7. The number of carbonyl (C=O) groups excluding carboxylic acids is 2. The largest absolute Gasteiger partial charge is 0.490 e. The Labute approximate surface area is 244 Å². The van der Waals surface area contributed by atoms with Crippen molar-refractivity contribution in [2.45, 2.75) is 70.3 Å². The maximum absolute atomic E-state index is 13.9. The molecule has 0 aliphatic heterocycles. The number of nitrogens with one attached hydrogen (secondary N) is 1. The minimum absolute atomic E-state index is 0.000325. The number of benzene rings is 1. The molecule has 2 amide bonds. The van der Waals surface area contributed by atoms with E-state index in [1.54, 1.807) is 36.1 Å². The monoisotopic (exact) mass is 599 g/mol. The number of ether oxygens (including phenoxy) is 2. The van der Waals surface area contributed by atoms with Gasteiger partial charge in [0, 0.05) is 29.9 Å². The van der Waals surface area contributed by atoms with Gasteiger partial charge < -0.3 is 20.5 Å². The van der Waals surface area contributed by atoms with Crippen molar-refractivity contribution >= 4 is 33.8 Å². The molecule has 1 aromatic carbocycles. The number of fused-ring (bicyclic) bond motifs is 2. The highest BCUT2D eigenvalue weighted by Gasteiger charge is 2.54. The van der Waals surface area contributed by atoms with E-state index in [0.717, 1.165) is 30.4 Å². The Bertz CT molecular complexity index is 1710. The summed E-state index contributed by atoms with van der Waals surface area (Å²) < 4.78 is 54.7. The number of hydrogen-bond acceptors (Lipinski definition) is 7. The van der Waals surface area contributed by atoms with Crippen LogP contribution in [0.25, 0.3) is 21.9 Å². The van der Waals surface area contributed by atoms with Gasteiger partial charge in [0.25, 0.3) is 18.2 Å². The third kappa shape index (κ3) is 5.69. The minimum atomic E-state index is -2.69. The summed E-state index contributed by atoms with van der Waals surface area (Å²) in [4.78, 5) is 29.7. The Morgan fingerprint density at radius 3 is 2.63 bits per heavy atom. The molecule has 0 bridgehead atoms. The van der Waals surface area contributed by atoms with E-state index in [4.69, 9.17) is 15.2 Å². The average Bonchev–Trinajstić information content (AvgIpc) is 3.43. The summed E-state index contributed by atoms with van der Waals surface area (Å²) in [6, 6.07) is 6.15. The van der Waals surface area contributed by atoms with E-state index in [1.165, 1.54) is 19.9 Å². The SMILES string of the molecule is Cn1ncc2cc(C(N)=O)c(OC3CC4(CC(NC(=O)c5nn(CC(F)F)c6cc(OCC(C)(C)F)ccc56)C4)C3)nc21. The number of rotatable bonds is 10. The van der Waals surface area contributed by atoms with Gasteiger partial charge in [0.05, 0.1) is 11.7 Å². The summed E-state index contributed by atoms with van der Waals surface area (Å²) in [5, 5.41) is 12.4. The average molecular weight is 600 g/mol. The molecule has 3 aromatic heterocycles. The van der Waals surface area contributed by atoms with Crippen molar-refractivity contribution in [3.8, 4) is 11.6 Å². The molecule has 2 saturated carbocycles. The molecule has 3 heterocycles. The fourth-order valence-corrected chi connectivity index (χ4v) is 6.08. The number of aromatic nitrogens is 5. The van der Waals surface area contributed by atoms with Crippen LogP contribution in [0.5, 0.6) is 11.6 Å². The number of halogens is 3. The zero-order valence-corrected chi connectivity index (χ0v) is 23.9. The first kappa shape index (κ1) is 28.7. The van der Waals surface area contributed by atoms with Gasteiger partial charge in [-0.05, 0) is 63.1 Å². The maximum Gasteiger partial charge on any atom is 0.272 e. The van der Waals surface area contributed by atoms with Gasteiger partial charge >= 0.3 is 0 Å². The fourth-order valence-electron chi connectivity index (χ4n) is 6.08. The van der Waals surface area contributed by atoms with Gasteiger partial charge in [0.1, 0.15) is 36.2 Å². The highest BCUT2D eigenvalue weighted by atomic mass is 19.3. The number of alkyl halides is 3. The molecule has 0 radical (unpaired) electrons. The standard InChI is InChI=1S/C29H32F3N7O4/c1-28(2,32)14-42-17-4-5-19-21(7-17)39(13-22(30)31)37-23(19)26(41)35-16-8-29(9-16)10-18(11-29)43-27-20(24(33)40)6-15-12-34-38(3)25(15)36-27/h4-7,12,16,18,22H,8-11,13-14H2,1-3H3,(H2,33,40)(H,35,41). The first-order chi connectivity index (χ1) is 20.3. The Balaban J connectivity index is 1.09.